The highest BCUT2D eigenvalue weighted by molar-refractivity contribution is 9.50. The van der Waals surface area contributed by atoms with Crippen LogP contribution in [0.25, 0.3) is 0 Å². The van der Waals surface area contributed by atoms with E-state index < -0.39 is 0 Å². The Balaban J connectivity index is 2.84. The summed E-state index contributed by atoms with van der Waals surface area (Å²) in [7, 11) is 1.54. The second-order valence-electron chi connectivity index (χ2n) is 1.14. The van der Waals surface area contributed by atoms with Crippen LogP contribution in [0, 0.1) is 0 Å². The molecule has 4 heteroatoms. The van der Waals surface area contributed by atoms with Gasteiger partial charge in [0.2, 0.25) is 0 Å². The van der Waals surface area contributed by atoms with Gasteiger partial charge in [-0.2, -0.15) is 0 Å². The van der Waals surface area contributed by atoms with Crippen molar-refractivity contribution in [2.75, 3.05) is 0 Å². The van der Waals surface area contributed by atoms with Gasteiger partial charge in [0.15, 0.2) is 0 Å². The van der Waals surface area contributed by atoms with E-state index in [4.69, 9.17) is 11.6 Å². The zero-order chi connectivity index (χ0) is 5.98. The molecule has 0 atom stereocenters. The monoisotopic (exact) mass is 228 g/mol. The molecule has 8 heavy (non-hydrogen) atoms. The molecule has 1 rings (SSSR count). The van der Waals surface area contributed by atoms with Crippen LogP contribution in [-0.2, 0) is 0 Å². The van der Waals surface area contributed by atoms with Crippen molar-refractivity contribution < 1.29 is 0 Å². The van der Waals surface area contributed by atoms with Crippen molar-refractivity contribution >= 4 is 47.9 Å². The molecule has 1 aromatic heterocycles. The van der Waals surface area contributed by atoms with Gasteiger partial charge in [-0.15, -0.1) is 11.3 Å². The van der Waals surface area contributed by atoms with Crippen molar-refractivity contribution in [3.63, 3.8) is 0 Å². The van der Waals surface area contributed by atoms with Crippen molar-refractivity contribution in [3.8, 4) is 0 Å². The van der Waals surface area contributed by atoms with E-state index in [1.807, 2.05) is 12.1 Å². The SMILES string of the molecule is Clc1ccc(SBr)s1. The molecule has 0 unspecified atom stereocenters. The van der Waals surface area contributed by atoms with E-state index in [0.717, 1.165) is 4.34 Å². The molecule has 0 aromatic carbocycles. The lowest BCUT2D eigenvalue weighted by atomic mass is 10.7. The summed E-state index contributed by atoms with van der Waals surface area (Å²) in [5, 5.41) is 0. The zero-order valence-electron chi connectivity index (χ0n) is 3.73. The summed E-state index contributed by atoms with van der Waals surface area (Å²) in [5.41, 5.74) is 0. The molecule has 44 valence electrons. The van der Waals surface area contributed by atoms with Crippen molar-refractivity contribution in [3.05, 3.63) is 16.5 Å². The third kappa shape index (κ3) is 1.65. The maximum atomic E-state index is 5.62. The molecule has 0 bridgehead atoms. The third-order valence-electron chi connectivity index (χ3n) is 0.625. The fraction of sp³-hybridized carbons (Fsp3) is 0. The molecule has 1 aromatic rings. The van der Waals surface area contributed by atoms with Crippen molar-refractivity contribution in [2.45, 2.75) is 4.21 Å². The molecule has 0 saturated heterocycles. The lowest BCUT2D eigenvalue weighted by Crippen LogP contribution is -1.38. The van der Waals surface area contributed by atoms with Crippen LogP contribution in [-0.4, -0.2) is 0 Å². The first kappa shape index (κ1) is 6.93. The van der Waals surface area contributed by atoms with Crippen LogP contribution in [0.4, 0.5) is 0 Å². The Labute approximate surface area is 68.4 Å². The summed E-state index contributed by atoms with van der Waals surface area (Å²) in [6.07, 6.45) is 0. The van der Waals surface area contributed by atoms with Gasteiger partial charge < -0.3 is 0 Å². The Morgan fingerprint density at radius 1 is 1.62 bits per heavy atom. The number of rotatable bonds is 1. The van der Waals surface area contributed by atoms with Crippen molar-refractivity contribution in [2.24, 2.45) is 0 Å². The molecule has 0 radical (unpaired) electrons. The zero-order valence-corrected chi connectivity index (χ0v) is 7.70. The van der Waals surface area contributed by atoms with Gasteiger partial charge in [-0.3, -0.25) is 0 Å². The topological polar surface area (TPSA) is 0 Å². The maximum absolute atomic E-state index is 5.62. The van der Waals surface area contributed by atoms with Crippen LogP contribution < -0.4 is 0 Å². The first-order valence-electron chi connectivity index (χ1n) is 1.87. The summed E-state index contributed by atoms with van der Waals surface area (Å²) in [6.45, 7) is 0. The van der Waals surface area contributed by atoms with Crippen LogP contribution in [0.2, 0.25) is 4.34 Å². The highest BCUT2D eigenvalue weighted by Gasteiger charge is 1.93. The number of hydrogen-bond donors (Lipinski definition) is 0. The molecule has 0 fully saturated rings. The van der Waals surface area contributed by atoms with Gasteiger partial charge in [-0.25, -0.2) is 0 Å². The Hall–Kier alpha value is 0.820. The van der Waals surface area contributed by atoms with E-state index in [0.29, 0.717) is 0 Å². The van der Waals surface area contributed by atoms with E-state index in [1.165, 1.54) is 14.4 Å². The number of halogens is 2. The summed E-state index contributed by atoms with van der Waals surface area (Å²) < 4.78 is 2.03. The second-order valence-corrected chi connectivity index (χ2v) is 4.67. The molecule has 0 aliphatic rings. The summed E-state index contributed by atoms with van der Waals surface area (Å²) in [4.78, 5) is 0. The Kier molecular flexibility index (Phi) is 2.69. The van der Waals surface area contributed by atoms with Crippen LogP contribution in [0.15, 0.2) is 16.3 Å². The van der Waals surface area contributed by atoms with Gasteiger partial charge in [0.1, 0.15) is 0 Å². The van der Waals surface area contributed by atoms with Crippen LogP contribution in [0.1, 0.15) is 0 Å². The smallest absolute Gasteiger partial charge is 0.0940 e. The van der Waals surface area contributed by atoms with Gasteiger partial charge in [0.25, 0.3) is 0 Å². The quantitative estimate of drug-likeness (QED) is 0.706. The van der Waals surface area contributed by atoms with Gasteiger partial charge >= 0.3 is 0 Å². The van der Waals surface area contributed by atoms with Gasteiger partial charge in [0.05, 0.1) is 8.55 Å². The highest BCUT2D eigenvalue weighted by Crippen LogP contribution is 2.33. The molecular formula is C4H2BrClS2. The molecule has 0 aliphatic heterocycles. The Morgan fingerprint density at radius 3 is 2.62 bits per heavy atom. The molecule has 0 saturated carbocycles. The maximum Gasteiger partial charge on any atom is 0.0940 e. The van der Waals surface area contributed by atoms with Gasteiger partial charge in [0, 0.05) is 0 Å². The molecule has 1 heterocycles. The van der Waals surface area contributed by atoms with Crippen LogP contribution in [0.5, 0.6) is 0 Å². The van der Waals surface area contributed by atoms with E-state index in [2.05, 4.69) is 14.8 Å². The van der Waals surface area contributed by atoms with Crippen LogP contribution >= 0.6 is 47.9 Å². The largest absolute Gasteiger partial charge is 0.116 e. The third-order valence-corrected chi connectivity index (χ3v) is 4.13. The minimum Gasteiger partial charge on any atom is -0.116 e. The Morgan fingerprint density at radius 2 is 2.38 bits per heavy atom. The summed E-state index contributed by atoms with van der Waals surface area (Å²) in [6, 6.07) is 3.86. The highest BCUT2D eigenvalue weighted by atomic mass is 79.9. The average molecular weight is 230 g/mol. The van der Waals surface area contributed by atoms with E-state index in [-0.39, 0.29) is 0 Å². The minimum atomic E-state index is 0.840. The van der Waals surface area contributed by atoms with Crippen LogP contribution in [0.3, 0.4) is 0 Å². The van der Waals surface area contributed by atoms with E-state index in [9.17, 15) is 0 Å². The fourth-order valence-corrected chi connectivity index (χ4v) is 2.69. The predicted molar refractivity (Wildman–Crippen MR) is 44.1 cm³/mol. The molecule has 0 amide bonds. The lowest BCUT2D eigenvalue weighted by molar-refractivity contribution is 1.76. The standard InChI is InChI=1S/C4H2BrClS2/c5-8-4-2-1-3(6)7-4/h1-2H. The number of hydrogen-bond acceptors (Lipinski definition) is 2. The molecular weight excluding hydrogens is 228 g/mol. The molecule has 0 nitrogen and oxygen atoms in total. The molecule has 0 N–H and O–H groups in total. The second kappa shape index (κ2) is 3.11. The molecule has 0 spiro atoms. The van der Waals surface area contributed by atoms with E-state index >= 15 is 0 Å². The Bertz CT molecular complexity index is 174. The van der Waals surface area contributed by atoms with E-state index in [1.54, 1.807) is 11.3 Å². The van der Waals surface area contributed by atoms with Crippen molar-refractivity contribution in [1.82, 2.24) is 0 Å². The molecule has 0 aliphatic carbocycles. The minimum absolute atomic E-state index is 0.840. The lowest BCUT2D eigenvalue weighted by Gasteiger charge is -1.76. The first-order chi connectivity index (χ1) is 3.83. The fourth-order valence-electron chi connectivity index (χ4n) is 0.339. The number of thiophene rings is 1. The normalized spacial score (nSPS) is 9.75. The van der Waals surface area contributed by atoms with Crippen molar-refractivity contribution in [1.29, 1.82) is 0 Å². The van der Waals surface area contributed by atoms with Gasteiger partial charge in [-0.05, 0) is 37.1 Å². The summed E-state index contributed by atoms with van der Waals surface area (Å²) >= 11 is 10.4. The summed E-state index contributed by atoms with van der Waals surface area (Å²) in [5.74, 6) is 0. The predicted octanol–water partition coefficient (Wildman–Crippen LogP) is 3.80. The average Bonchev–Trinajstić information content (AvgIpc) is 2.14. The van der Waals surface area contributed by atoms with Gasteiger partial charge in [-0.1, -0.05) is 11.6 Å². The first-order valence-corrected chi connectivity index (χ1v) is 5.72.